The van der Waals surface area contributed by atoms with E-state index in [1.165, 1.54) is 0 Å². The lowest BCUT2D eigenvalue weighted by Gasteiger charge is -2.15. The lowest BCUT2D eigenvalue weighted by molar-refractivity contribution is 0.257. The van der Waals surface area contributed by atoms with E-state index in [0.29, 0.717) is 11.4 Å². The van der Waals surface area contributed by atoms with Gasteiger partial charge in [0.15, 0.2) is 0 Å². The zero-order valence-electron chi connectivity index (χ0n) is 11.4. The smallest absolute Gasteiger partial charge is 0.329 e. The minimum atomic E-state index is -0.645. The van der Waals surface area contributed by atoms with Gasteiger partial charge in [-0.2, -0.15) is 0 Å². The van der Waals surface area contributed by atoms with Gasteiger partial charge in [-0.15, -0.1) is 11.3 Å². The molecule has 0 aliphatic rings. The molecule has 0 aliphatic carbocycles. The molecule has 5 nitrogen and oxygen atoms in total. The standard InChI is InChI=1S/C13H15N3O2S2/c1-7-12(20-8(2)15-7)10-5-4-9(6-11(10)18-3)16(19)13(14)17/h4-6,19H,1-3H3,(H2,14,17). The molecule has 106 valence electrons. The Morgan fingerprint density at radius 3 is 2.65 bits per heavy atom. The number of benzene rings is 1. The minimum Gasteiger partial charge on any atom is -0.496 e. The molecule has 0 aliphatic heterocycles. The molecule has 2 aromatic rings. The van der Waals surface area contributed by atoms with Gasteiger partial charge in [-0.1, -0.05) is 12.8 Å². The first-order chi connectivity index (χ1) is 9.43. The summed E-state index contributed by atoms with van der Waals surface area (Å²) in [6.45, 7) is 3.92. The third-order valence-electron chi connectivity index (χ3n) is 2.79. The van der Waals surface area contributed by atoms with Crippen LogP contribution in [0.3, 0.4) is 0 Å². The lowest BCUT2D eigenvalue weighted by atomic mass is 10.1. The maximum Gasteiger partial charge on any atom is 0.329 e. The van der Waals surface area contributed by atoms with Crippen LogP contribution in [0.2, 0.25) is 0 Å². The van der Waals surface area contributed by atoms with Crippen molar-refractivity contribution in [1.82, 2.24) is 4.98 Å². The maximum absolute atomic E-state index is 11.1. The van der Waals surface area contributed by atoms with E-state index >= 15 is 0 Å². The van der Waals surface area contributed by atoms with E-state index in [1.54, 1.807) is 30.6 Å². The molecule has 0 atom stereocenters. The Balaban J connectivity index is 2.51. The van der Waals surface area contributed by atoms with E-state index < -0.39 is 6.03 Å². The number of nitrogens with zero attached hydrogens (tertiary/aromatic N) is 2. The average molecular weight is 309 g/mol. The molecule has 7 heteroatoms. The highest BCUT2D eigenvalue weighted by Gasteiger charge is 2.15. The van der Waals surface area contributed by atoms with Crippen molar-refractivity contribution in [2.24, 2.45) is 5.73 Å². The number of nitrogens with two attached hydrogens (primary N) is 1. The predicted molar refractivity (Wildman–Crippen MR) is 84.6 cm³/mol. The fourth-order valence-electron chi connectivity index (χ4n) is 1.91. The zero-order valence-corrected chi connectivity index (χ0v) is 13.1. The van der Waals surface area contributed by atoms with Gasteiger partial charge in [-0.3, -0.25) is 0 Å². The molecular formula is C13H15N3O2S2. The number of primary amides is 1. The summed E-state index contributed by atoms with van der Waals surface area (Å²) in [5, 5.41) is 0.997. The highest BCUT2D eigenvalue weighted by Crippen LogP contribution is 2.38. The Bertz CT molecular complexity index is 655. The summed E-state index contributed by atoms with van der Waals surface area (Å²) in [6.07, 6.45) is 0. The van der Waals surface area contributed by atoms with Crippen LogP contribution in [-0.4, -0.2) is 18.1 Å². The number of carbonyl (C=O) groups excluding carboxylic acids is 1. The van der Waals surface area contributed by atoms with Gasteiger partial charge in [-0.25, -0.2) is 14.1 Å². The van der Waals surface area contributed by atoms with Crippen molar-refractivity contribution < 1.29 is 9.53 Å². The second-order valence-corrected chi connectivity index (χ2v) is 5.79. The SMILES string of the molecule is COc1cc(N(S)C(N)=O)ccc1-c1sc(C)nc1C. The van der Waals surface area contributed by atoms with Gasteiger partial charge in [0.05, 0.1) is 28.4 Å². The molecule has 0 bridgehead atoms. The molecule has 0 fully saturated rings. The van der Waals surface area contributed by atoms with Crippen LogP contribution in [0.25, 0.3) is 10.4 Å². The maximum atomic E-state index is 11.1. The number of carbonyl (C=O) groups is 1. The lowest BCUT2D eigenvalue weighted by Crippen LogP contribution is -2.27. The number of ether oxygens (including phenoxy) is 1. The van der Waals surface area contributed by atoms with E-state index in [-0.39, 0.29) is 0 Å². The van der Waals surface area contributed by atoms with Gasteiger partial charge in [0.2, 0.25) is 0 Å². The summed E-state index contributed by atoms with van der Waals surface area (Å²) in [7, 11) is 1.58. The summed E-state index contributed by atoms with van der Waals surface area (Å²) in [4.78, 5) is 16.6. The number of amides is 2. The Morgan fingerprint density at radius 2 is 2.15 bits per heavy atom. The van der Waals surface area contributed by atoms with Crippen LogP contribution in [0, 0.1) is 13.8 Å². The van der Waals surface area contributed by atoms with Crippen LogP contribution in [0.1, 0.15) is 10.7 Å². The average Bonchev–Trinajstić information content (AvgIpc) is 2.75. The van der Waals surface area contributed by atoms with E-state index in [0.717, 1.165) is 25.4 Å². The van der Waals surface area contributed by atoms with E-state index in [2.05, 4.69) is 17.8 Å². The molecule has 20 heavy (non-hydrogen) atoms. The number of hydrogen-bond acceptors (Lipinski definition) is 5. The summed E-state index contributed by atoms with van der Waals surface area (Å²) in [5.74, 6) is 0.648. The van der Waals surface area contributed by atoms with Crippen LogP contribution >= 0.6 is 24.2 Å². The fraction of sp³-hybridized carbons (Fsp3) is 0.231. The third-order valence-corrected chi connectivity index (χ3v) is 4.32. The summed E-state index contributed by atoms with van der Waals surface area (Å²) >= 11 is 5.64. The highest BCUT2D eigenvalue weighted by atomic mass is 32.1. The molecule has 1 aromatic carbocycles. The van der Waals surface area contributed by atoms with Crippen LogP contribution < -0.4 is 14.8 Å². The topological polar surface area (TPSA) is 68.5 Å². The minimum absolute atomic E-state index is 0.556. The molecule has 0 unspecified atom stereocenters. The number of aromatic nitrogens is 1. The number of methoxy groups -OCH3 is 1. The fourth-order valence-corrected chi connectivity index (χ4v) is 2.98. The molecule has 0 saturated heterocycles. The third kappa shape index (κ3) is 2.73. The van der Waals surface area contributed by atoms with E-state index in [4.69, 9.17) is 10.5 Å². The first kappa shape index (κ1) is 14.7. The number of anilines is 1. The number of hydrogen-bond donors (Lipinski definition) is 2. The van der Waals surface area contributed by atoms with Crippen molar-refractivity contribution in [1.29, 1.82) is 0 Å². The highest BCUT2D eigenvalue weighted by molar-refractivity contribution is 7.82. The second kappa shape index (κ2) is 5.72. The number of thiazole rings is 1. The van der Waals surface area contributed by atoms with Gasteiger partial charge in [0.1, 0.15) is 5.75 Å². The molecule has 2 rings (SSSR count). The quantitative estimate of drug-likeness (QED) is 0.856. The van der Waals surface area contributed by atoms with Crippen molar-refractivity contribution in [3.8, 4) is 16.2 Å². The van der Waals surface area contributed by atoms with Crippen molar-refractivity contribution in [3.05, 3.63) is 28.9 Å². The summed E-state index contributed by atoms with van der Waals surface area (Å²) in [5.41, 5.74) is 7.64. The monoisotopic (exact) mass is 309 g/mol. The van der Waals surface area contributed by atoms with Gasteiger partial charge in [0.25, 0.3) is 0 Å². The predicted octanol–water partition coefficient (Wildman–Crippen LogP) is 3.17. The van der Waals surface area contributed by atoms with Gasteiger partial charge < -0.3 is 10.5 Å². The second-order valence-electron chi connectivity index (χ2n) is 4.18. The van der Waals surface area contributed by atoms with Crippen molar-refractivity contribution in [2.75, 3.05) is 11.4 Å². The summed E-state index contributed by atoms with van der Waals surface area (Å²) < 4.78 is 6.47. The van der Waals surface area contributed by atoms with Gasteiger partial charge in [-0.05, 0) is 26.0 Å². The first-order valence-electron chi connectivity index (χ1n) is 5.85. The van der Waals surface area contributed by atoms with Crippen molar-refractivity contribution in [2.45, 2.75) is 13.8 Å². The van der Waals surface area contributed by atoms with Crippen LogP contribution in [0.5, 0.6) is 5.75 Å². The van der Waals surface area contributed by atoms with Crippen molar-refractivity contribution in [3.63, 3.8) is 0 Å². The van der Waals surface area contributed by atoms with Crippen molar-refractivity contribution >= 4 is 35.9 Å². The summed E-state index contributed by atoms with van der Waals surface area (Å²) in [6, 6.07) is 4.72. The van der Waals surface area contributed by atoms with E-state index in [9.17, 15) is 4.79 Å². The Morgan fingerprint density at radius 1 is 1.45 bits per heavy atom. The van der Waals surface area contributed by atoms with Crippen LogP contribution in [0.4, 0.5) is 10.5 Å². The van der Waals surface area contributed by atoms with Crippen LogP contribution in [-0.2, 0) is 0 Å². The van der Waals surface area contributed by atoms with Crippen LogP contribution in [0.15, 0.2) is 18.2 Å². The normalized spacial score (nSPS) is 10.4. The zero-order chi connectivity index (χ0) is 14.9. The number of thiol groups is 1. The van der Waals surface area contributed by atoms with Gasteiger partial charge >= 0.3 is 6.03 Å². The molecular weight excluding hydrogens is 294 g/mol. The molecule has 0 radical (unpaired) electrons. The molecule has 1 aromatic heterocycles. The number of urea groups is 1. The number of aryl methyl sites for hydroxylation is 2. The number of rotatable bonds is 3. The molecule has 1 heterocycles. The Labute approximate surface area is 126 Å². The first-order valence-corrected chi connectivity index (χ1v) is 7.06. The van der Waals surface area contributed by atoms with E-state index in [1.807, 2.05) is 19.9 Å². The molecule has 2 N–H and O–H groups in total. The Kier molecular flexibility index (Phi) is 4.20. The molecule has 0 saturated carbocycles. The molecule has 0 spiro atoms. The molecule has 2 amide bonds. The Hall–Kier alpha value is -1.73. The van der Waals surface area contributed by atoms with Gasteiger partial charge in [0, 0.05) is 11.6 Å². The largest absolute Gasteiger partial charge is 0.496 e.